The highest BCUT2D eigenvalue weighted by atomic mass is 16.5. The zero-order valence-electron chi connectivity index (χ0n) is 16.2. The van der Waals surface area contributed by atoms with E-state index in [0.29, 0.717) is 11.5 Å². The van der Waals surface area contributed by atoms with Crippen LogP contribution in [0.4, 0.5) is 0 Å². The summed E-state index contributed by atoms with van der Waals surface area (Å²) in [6.07, 6.45) is 13.2. The van der Waals surface area contributed by atoms with Gasteiger partial charge in [-0.05, 0) is 112 Å². The molecule has 9 unspecified atom stereocenters. The molecule has 2 N–H and O–H groups in total. The Labute approximate surface area is 149 Å². The predicted molar refractivity (Wildman–Crippen MR) is 99.6 cm³/mol. The van der Waals surface area contributed by atoms with E-state index in [1.807, 2.05) is 7.11 Å². The van der Waals surface area contributed by atoms with Gasteiger partial charge in [0.05, 0.1) is 0 Å². The summed E-state index contributed by atoms with van der Waals surface area (Å²) < 4.78 is 5.46. The van der Waals surface area contributed by atoms with Gasteiger partial charge < -0.3 is 10.5 Å². The monoisotopic (exact) mass is 333 g/mol. The molecule has 0 aromatic rings. The van der Waals surface area contributed by atoms with E-state index >= 15 is 0 Å². The highest BCUT2D eigenvalue weighted by Gasteiger charge is 2.57. The van der Waals surface area contributed by atoms with Crippen LogP contribution >= 0.6 is 0 Å². The van der Waals surface area contributed by atoms with Crippen molar-refractivity contribution in [3.8, 4) is 0 Å². The predicted octanol–water partition coefficient (Wildman–Crippen LogP) is 4.87. The maximum absolute atomic E-state index is 6.40. The second kappa shape index (κ2) is 6.58. The lowest BCUT2D eigenvalue weighted by Crippen LogP contribution is -2.50. The highest BCUT2D eigenvalue weighted by Crippen LogP contribution is 2.64. The van der Waals surface area contributed by atoms with Crippen LogP contribution in [0.15, 0.2) is 0 Å². The molecule has 0 aromatic heterocycles. The first-order valence-electron chi connectivity index (χ1n) is 10.8. The maximum atomic E-state index is 6.40. The molecular formula is C22H39NO. The van der Waals surface area contributed by atoms with Crippen LogP contribution in [-0.4, -0.2) is 19.8 Å². The summed E-state index contributed by atoms with van der Waals surface area (Å²) in [6, 6.07) is 0.386. The third-order valence-electron chi connectivity index (χ3n) is 9.17. The fourth-order valence-corrected chi connectivity index (χ4v) is 8.24. The van der Waals surface area contributed by atoms with Gasteiger partial charge in [-0.3, -0.25) is 0 Å². The molecule has 0 bridgehead atoms. The number of hydrogen-bond donors (Lipinski definition) is 1. The summed E-state index contributed by atoms with van der Waals surface area (Å²) in [4.78, 5) is 0. The molecule has 4 aliphatic rings. The van der Waals surface area contributed by atoms with Gasteiger partial charge in [-0.25, -0.2) is 0 Å². The Kier molecular flexibility index (Phi) is 4.75. The second-order valence-corrected chi connectivity index (χ2v) is 10.2. The normalized spacial score (nSPS) is 52.2. The van der Waals surface area contributed by atoms with Crippen LogP contribution in [-0.2, 0) is 4.74 Å². The van der Waals surface area contributed by atoms with Crippen molar-refractivity contribution >= 4 is 0 Å². The average Bonchev–Trinajstić information content (AvgIpc) is 2.92. The number of nitrogens with two attached hydrogens (primary N) is 1. The fourth-order valence-electron chi connectivity index (χ4n) is 8.24. The van der Waals surface area contributed by atoms with Crippen molar-refractivity contribution in [3.05, 3.63) is 0 Å². The molecule has 4 saturated carbocycles. The minimum Gasteiger partial charge on any atom is -0.384 e. The van der Waals surface area contributed by atoms with Crippen molar-refractivity contribution in [2.75, 3.05) is 13.7 Å². The van der Waals surface area contributed by atoms with Crippen LogP contribution in [0.25, 0.3) is 0 Å². The Morgan fingerprint density at radius 1 is 1.00 bits per heavy atom. The molecule has 138 valence electrons. The minimum atomic E-state index is 0.386. The third kappa shape index (κ3) is 2.67. The quantitative estimate of drug-likeness (QED) is 0.800. The molecule has 2 nitrogen and oxygen atoms in total. The molecule has 0 aromatic carbocycles. The molecule has 0 amide bonds. The topological polar surface area (TPSA) is 35.2 Å². The van der Waals surface area contributed by atoms with Crippen molar-refractivity contribution < 1.29 is 4.74 Å². The van der Waals surface area contributed by atoms with Crippen LogP contribution in [0, 0.1) is 46.8 Å². The van der Waals surface area contributed by atoms with Crippen LogP contribution in [0.2, 0.25) is 0 Å². The lowest BCUT2D eigenvalue weighted by atomic mass is 9.49. The maximum Gasteiger partial charge on any atom is 0.0490 e. The fraction of sp³-hybridized carbons (Fsp3) is 1.00. The molecule has 0 spiro atoms. The standard InChI is InChI=1S/C22H39NO/c1-14(23)20-8-9-21-19-7-5-16-12-15(13-24-3)4-6-17(16)18(19)10-11-22(20,21)2/h14-21H,4-13,23H2,1-3H3. The zero-order chi connectivity index (χ0) is 16.9. The first kappa shape index (κ1) is 17.3. The smallest absolute Gasteiger partial charge is 0.0490 e. The van der Waals surface area contributed by atoms with Crippen LogP contribution in [0.5, 0.6) is 0 Å². The molecule has 0 radical (unpaired) electrons. The lowest BCUT2D eigenvalue weighted by Gasteiger charge is -2.56. The summed E-state index contributed by atoms with van der Waals surface area (Å²) >= 11 is 0. The van der Waals surface area contributed by atoms with E-state index in [4.69, 9.17) is 10.5 Å². The second-order valence-electron chi connectivity index (χ2n) is 10.2. The van der Waals surface area contributed by atoms with Crippen molar-refractivity contribution in [2.45, 2.75) is 77.7 Å². The van der Waals surface area contributed by atoms with Gasteiger partial charge in [0.1, 0.15) is 0 Å². The van der Waals surface area contributed by atoms with Gasteiger partial charge in [0.15, 0.2) is 0 Å². The summed E-state index contributed by atoms with van der Waals surface area (Å²) in [7, 11) is 1.87. The first-order chi connectivity index (χ1) is 11.5. The van der Waals surface area contributed by atoms with Crippen molar-refractivity contribution in [3.63, 3.8) is 0 Å². The average molecular weight is 334 g/mol. The van der Waals surface area contributed by atoms with E-state index in [1.54, 1.807) is 0 Å². The molecule has 4 aliphatic carbocycles. The van der Waals surface area contributed by atoms with Gasteiger partial charge in [-0.2, -0.15) is 0 Å². The number of rotatable bonds is 3. The van der Waals surface area contributed by atoms with E-state index < -0.39 is 0 Å². The minimum absolute atomic E-state index is 0.386. The number of ether oxygens (including phenoxy) is 1. The summed E-state index contributed by atoms with van der Waals surface area (Å²) in [5.41, 5.74) is 6.95. The van der Waals surface area contributed by atoms with Crippen molar-refractivity contribution in [1.29, 1.82) is 0 Å². The number of fused-ring (bicyclic) bond motifs is 5. The zero-order valence-corrected chi connectivity index (χ0v) is 16.2. The van der Waals surface area contributed by atoms with Gasteiger partial charge in [-0.15, -0.1) is 0 Å². The molecule has 0 saturated heterocycles. The van der Waals surface area contributed by atoms with E-state index in [1.165, 1.54) is 57.8 Å². The van der Waals surface area contributed by atoms with Gasteiger partial charge in [-0.1, -0.05) is 6.92 Å². The Hall–Kier alpha value is -0.0800. The Morgan fingerprint density at radius 2 is 1.79 bits per heavy atom. The van der Waals surface area contributed by atoms with Gasteiger partial charge in [0.25, 0.3) is 0 Å². The van der Waals surface area contributed by atoms with Gasteiger partial charge in [0, 0.05) is 19.8 Å². The van der Waals surface area contributed by atoms with Gasteiger partial charge in [0.2, 0.25) is 0 Å². The molecule has 9 atom stereocenters. The Balaban J connectivity index is 1.48. The summed E-state index contributed by atoms with van der Waals surface area (Å²) in [5.74, 6) is 6.70. The number of hydrogen-bond acceptors (Lipinski definition) is 2. The lowest BCUT2D eigenvalue weighted by molar-refractivity contribution is -0.0734. The Bertz CT molecular complexity index is 449. The van der Waals surface area contributed by atoms with Crippen LogP contribution in [0.1, 0.15) is 71.6 Å². The van der Waals surface area contributed by atoms with E-state index in [9.17, 15) is 0 Å². The highest BCUT2D eigenvalue weighted by molar-refractivity contribution is 5.07. The third-order valence-corrected chi connectivity index (χ3v) is 9.17. The van der Waals surface area contributed by atoms with E-state index in [-0.39, 0.29) is 0 Å². The molecule has 0 heterocycles. The largest absolute Gasteiger partial charge is 0.384 e. The molecule has 4 fully saturated rings. The van der Waals surface area contributed by atoms with Crippen LogP contribution < -0.4 is 5.73 Å². The molecule has 0 aliphatic heterocycles. The molecule has 4 rings (SSSR count). The summed E-state index contributed by atoms with van der Waals surface area (Å²) in [5, 5.41) is 0. The van der Waals surface area contributed by atoms with Crippen LogP contribution in [0.3, 0.4) is 0 Å². The SMILES string of the molecule is COCC1CCC2C(CCC3C2CCC2(C)C(C(C)N)CCC32)C1. The van der Waals surface area contributed by atoms with Crippen molar-refractivity contribution in [1.82, 2.24) is 0 Å². The van der Waals surface area contributed by atoms with E-state index in [2.05, 4.69) is 13.8 Å². The summed E-state index contributed by atoms with van der Waals surface area (Å²) in [6.45, 7) is 5.86. The molecule has 2 heteroatoms. The van der Waals surface area contributed by atoms with E-state index in [0.717, 1.165) is 48.0 Å². The van der Waals surface area contributed by atoms with Gasteiger partial charge >= 0.3 is 0 Å². The molecular weight excluding hydrogens is 294 g/mol. The molecule has 24 heavy (non-hydrogen) atoms. The number of methoxy groups -OCH3 is 1. The first-order valence-corrected chi connectivity index (χ1v) is 10.8. The van der Waals surface area contributed by atoms with Crippen molar-refractivity contribution in [2.24, 2.45) is 52.6 Å². The Morgan fingerprint density at radius 3 is 2.54 bits per heavy atom.